The molecule has 100 valence electrons. The van der Waals surface area contributed by atoms with Crippen LogP contribution in [0.2, 0.25) is 0 Å². The highest BCUT2D eigenvalue weighted by atomic mass is 79.9. The maximum absolute atomic E-state index is 11.4. The number of pyridine rings is 1. The SMILES string of the molecule is Cc1ccc2nc(-c3ccc(Br)cc3)c([N+](=O)[O-])n2c1. The third-order valence-electron chi connectivity index (χ3n) is 3.03. The number of rotatable bonds is 2. The highest BCUT2D eigenvalue weighted by molar-refractivity contribution is 9.10. The molecule has 2 heterocycles. The van der Waals surface area contributed by atoms with Gasteiger partial charge >= 0.3 is 5.82 Å². The van der Waals surface area contributed by atoms with Crippen molar-refractivity contribution in [3.8, 4) is 11.3 Å². The van der Waals surface area contributed by atoms with Crippen LogP contribution in [0.5, 0.6) is 0 Å². The van der Waals surface area contributed by atoms with Crippen molar-refractivity contribution in [2.24, 2.45) is 0 Å². The summed E-state index contributed by atoms with van der Waals surface area (Å²) in [5, 5.41) is 11.4. The quantitative estimate of drug-likeness (QED) is 0.527. The largest absolute Gasteiger partial charge is 0.358 e. The van der Waals surface area contributed by atoms with Crippen LogP contribution >= 0.6 is 15.9 Å². The maximum atomic E-state index is 11.4. The van der Waals surface area contributed by atoms with Crippen LogP contribution < -0.4 is 0 Å². The number of hydrogen-bond donors (Lipinski definition) is 0. The lowest BCUT2D eigenvalue weighted by atomic mass is 10.1. The molecule has 0 amide bonds. The summed E-state index contributed by atoms with van der Waals surface area (Å²) in [7, 11) is 0. The lowest BCUT2D eigenvalue weighted by molar-refractivity contribution is -0.389. The fraction of sp³-hybridized carbons (Fsp3) is 0.0714. The second-order valence-corrected chi connectivity index (χ2v) is 5.40. The molecular formula is C14H10BrN3O2. The molecule has 0 fully saturated rings. The highest BCUT2D eigenvalue weighted by Crippen LogP contribution is 2.31. The van der Waals surface area contributed by atoms with Crippen molar-refractivity contribution in [3.05, 3.63) is 62.7 Å². The van der Waals surface area contributed by atoms with Crippen LogP contribution in [-0.4, -0.2) is 14.3 Å². The minimum atomic E-state index is -0.392. The van der Waals surface area contributed by atoms with Crippen LogP contribution in [0.25, 0.3) is 16.9 Å². The lowest BCUT2D eigenvalue weighted by Gasteiger charge is -1.99. The molecule has 0 aliphatic heterocycles. The number of aryl methyl sites for hydroxylation is 1. The van der Waals surface area contributed by atoms with Gasteiger partial charge in [-0.1, -0.05) is 28.1 Å². The van der Waals surface area contributed by atoms with E-state index in [0.29, 0.717) is 11.3 Å². The predicted octanol–water partition coefficient (Wildman–Crippen LogP) is 3.98. The van der Waals surface area contributed by atoms with Crippen LogP contribution in [0.3, 0.4) is 0 Å². The minimum absolute atomic E-state index is 0.00831. The first-order chi connectivity index (χ1) is 9.56. The summed E-state index contributed by atoms with van der Waals surface area (Å²) in [4.78, 5) is 15.4. The number of benzene rings is 1. The highest BCUT2D eigenvalue weighted by Gasteiger charge is 2.23. The first-order valence-electron chi connectivity index (χ1n) is 5.95. The first-order valence-corrected chi connectivity index (χ1v) is 6.74. The molecule has 0 unspecified atom stereocenters. The number of fused-ring (bicyclic) bond motifs is 1. The van der Waals surface area contributed by atoms with Crippen LogP contribution in [-0.2, 0) is 0 Å². The van der Waals surface area contributed by atoms with Gasteiger partial charge in [0, 0.05) is 16.1 Å². The van der Waals surface area contributed by atoms with Crippen LogP contribution in [0.15, 0.2) is 47.1 Å². The summed E-state index contributed by atoms with van der Waals surface area (Å²) in [6, 6.07) is 11.0. The zero-order valence-electron chi connectivity index (χ0n) is 10.6. The fourth-order valence-corrected chi connectivity index (χ4v) is 2.38. The second-order valence-electron chi connectivity index (χ2n) is 4.48. The first kappa shape index (κ1) is 12.8. The molecular weight excluding hydrogens is 322 g/mol. The normalized spacial score (nSPS) is 10.9. The summed E-state index contributed by atoms with van der Waals surface area (Å²) in [5.74, 6) is -0.00831. The molecule has 0 aliphatic rings. The Bertz CT molecular complexity index is 809. The van der Waals surface area contributed by atoms with E-state index < -0.39 is 4.92 Å². The van der Waals surface area contributed by atoms with Crippen LogP contribution in [0.4, 0.5) is 5.82 Å². The zero-order chi connectivity index (χ0) is 14.3. The molecule has 20 heavy (non-hydrogen) atoms. The summed E-state index contributed by atoms with van der Waals surface area (Å²) in [6.07, 6.45) is 1.73. The lowest BCUT2D eigenvalue weighted by Crippen LogP contribution is -1.96. The van der Waals surface area contributed by atoms with Crippen molar-refractivity contribution in [1.29, 1.82) is 0 Å². The number of aromatic nitrogens is 2. The van der Waals surface area contributed by atoms with Gasteiger partial charge in [0.25, 0.3) is 0 Å². The average Bonchev–Trinajstić information content (AvgIpc) is 2.78. The van der Waals surface area contributed by atoms with E-state index in [-0.39, 0.29) is 5.82 Å². The molecule has 0 spiro atoms. The smallest absolute Gasteiger partial charge is 0.355 e. The number of imidazole rings is 1. The Morgan fingerprint density at radius 1 is 1.20 bits per heavy atom. The van der Waals surface area contributed by atoms with E-state index >= 15 is 0 Å². The Morgan fingerprint density at radius 3 is 2.55 bits per heavy atom. The Labute approximate surface area is 123 Å². The van der Waals surface area contributed by atoms with Gasteiger partial charge in [-0.15, -0.1) is 0 Å². The Balaban J connectivity index is 2.32. The fourth-order valence-electron chi connectivity index (χ4n) is 2.11. The Hall–Kier alpha value is -2.21. The molecule has 3 rings (SSSR count). The molecule has 0 aliphatic carbocycles. The van der Waals surface area contributed by atoms with Gasteiger partial charge in [-0.05, 0) is 35.6 Å². The van der Waals surface area contributed by atoms with Gasteiger partial charge in [-0.3, -0.25) is 0 Å². The average molecular weight is 332 g/mol. The van der Waals surface area contributed by atoms with Gasteiger partial charge in [0.15, 0.2) is 5.69 Å². The predicted molar refractivity (Wildman–Crippen MR) is 79.7 cm³/mol. The van der Waals surface area contributed by atoms with E-state index in [1.165, 1.54) is 4.40 Å². The summed E-state index contributed by atoms with van der Waals surface area (Å²) in [6.45, 7) is 1.89. The van der Waals surface area contributed by atoms with Crippen LogP contribution in [0, 0.1) is 17.0 Å². The molecule has 0 radical (unpaired) electrons. The Morgan fingerprint density at radius 2 is 1.90 bits per heavy atom. The minimum Gasteiger partial charge on any atom is -0.358 e. The van der Waals surface area contributed by atoms with Gasteiger partial charge in [0.05, 0.1) is 0 Å². The second kappa shape index (κ2) is 4.72. The molecule has 0 saturated carbocycles. The molecule has 0 N–H and O–H groups in total. The number of hydrogen-bond acceptors (Lipinski definition) is 3. The van der Waals surface area contributed by atoms with Gasteiger partial charge < -0.3 is 10.1 Å². The summed E-state index contributed by atoms with van der Waals surface area (Å²) in [5.41, 5.74) is 2.62. The third kappa shape index (κ3) is 2.08. The standard InChI is InChI=1S/C14H10BrN3O2/c1-9-2-7-12-16-13(10-3-5-11(15)6-4-10)14(18(19)20)17(12)8-9/h2-8H,1H3. The van der Waals surface area contributed by atoms with E-state index in [0.717, 1.165) is 15.6 Å². The summed E-state index contributed by atoms with van der Waals surface area (Å²) >= 11 is 3.35. The zero-order valence-corrected chi connectivity index (χ0v) is 12.2. The van der Waals surface area contributed by atoms with E-state index in [9.17, 15) is 10.1 Å². The van der Waals surface area contributed by atoms with Crippen molar-refractivity contribution in [3.63, 3.8) is 0 Å². The van der Waals surface area contributed by atoms with Crippen LogP contribution in [0.1, 0.15) is 5.56 Å². The van der Waals surface area contributed by atoms with Gasteiger partial charge in [0.2, 0.25) is 5.65 Å². The van der Waals surface area contributed by atoms with Crippen molar-refractivity contribution in [1.82, 2.24) is 9.38 Å². The molecule has 0 atom stereocenters. The number of halogens is 1. The molecule has 1 aromatic carbocycles. The van der Waals surface area contributed by atoms with E-state index in [1.807, 2.05) is 37.3 Å². The topological polar surface area (TPSA) is 60.4 Å². The van der Waals surface area contributed by atoms with Gasteiger partial charge in [-0.2, -0.15) is 9.38 Å². The molecule has 2 aromatic heterocycles. The Kier molecular flexibility index (Phi) is 3.02. The molecule has 3 aromatic rings. The van der Waals surface area contributed by atoms with Crippen molar-refractivity contribution in [2.75, 3.05) is 0 Å². The van der Waals surface area contributed by atoms with Crippen molar-refractivity contribution >= 4 is 27.4 Å². The van der Waals surface area contributed by atoms with Crippen molar-refractivity contribution in [2.45, 2.75) is 6.92 Å². The van der Waals surface area contributed by atoms with E-state index in [1.54, 1.807) is 12.3 Å². The maximum Gasteiger partial charge on any atom is 0.355 e. The van der Waals surface area contributed by atoms with Gasteiger partial charge in [0.1, 0.15) is 6.20 Å². The number of nitro groups is 1. The molecule has 0 saturated heterocycles. The third-order valence-corrected chi connectivity index (χ3v) is 3.56. The molecule has 5 nitrogen and oxygen atoms in total. The van der Waals surface area contributed by atoms with Gasteiger partial charge in [-0.25, -0.2) is 0 Å². The van der Waals surface area contributed by atoms with E-state index in [2.05, 4.69) is 20.9 Å². The molecule has 6 heteroatoms. The van der Waals surface area contributed by atoms with E-state index in [4.69, 9.17) is 0 Å². The van der Waals surface area contributed by atoms with Crippen molar-refractivity contribution < 1.29 is 4.92 Å². The monoisotopic (exact) mass is 331 g/mol. The summed E-state index contributed by atoms with van der Waals surface area (Å²) < 4.78 is 2.44. The number of nitrogens with zero attached hydrogens (tertiary/aromatic N) is 3. The molecule has 0 bridgehead atoms.